The van der Waals surface area contributed by atoms with Crippen molar-refractivity contribution >= 4 is 32.9 Å². The molecular weight excluding hydrogens is 398 g/mol. The molecule has 0 saturated carbocycles. The van der Waals surface area contributed by atoms with Crippen LogP contribution in [0.25, 0.3) is 10.2 Å². The van der Waals surface area contributed by atoms with E-state index in [1.807, 2.05) is 24.3 Å². The average Bonchev–Trinajstić information content (AvgIpc) is 3.13. The number of hydrogen-bond donors (Lipinski definition) is 1. The molecule has 0 bridgehead atoms. The zero-order chi connectivity index (χ0) is 22.3. The number of allylic oxidation sites excluding steroid dienone is 10. The molecule has 3 nitrogen and oxygen atoms in total. The summed E-state index contributed by atoms with van der Waals surface area (Å²) in [5, 5.41) is 5.05. The number of rotatable bonds is 7. The van der Waals surface area contributed by atoms with E-state index >= 15 is 0 Å². The zero-order valence-corrected chi connectivity index (χ0v) is 20.1. The van der Waals surface area contributed by atoms with E-state index in [0.29, 0.717) is 0 Å². The molecule has 0 amide bonds. The lowest BCUT2D eigenvalue weighted by atomic mass is 9.72. The highest BCUT2D eigenvalue weighted by Gasteiger charge is 2.26. The molecule has 0 radical (unpaired) electrons. The minimum absolute atomic E-state index is 0.285. The quantitative estimate of drug-likeness (QED) is 0.272. The van der Waals surface area contributed by atoms with Crippen molar-refractivity contribution in [1.29, 1.82) is 0 Å². The van der Waals surface area contributed by atoms with Crippen LogP contribution in [-0.4, -0.2) is 11.2 Å². The molecule has 0 spiro atoms. The first-order chi connectivity index (χ1) is 14.8. The van der Waals surface area contributed by atoms with Gasteiger partial charge in [0.25, 0.3) is 0 Å². The number of thiazole rings is 1. The normalized spacial score (nSPS) is 18.2. The first-order valence-corrected chi connectivity index (χ1v) is 11.7. The molecule has 31 heavy (non-hydrogen) atoms. The Kier molecular flexibility index (Phi) is 7.80. The number of hydrogen-bond acceptors (Lipinski definition) is 4. The van der Waals surface area contributed by atoms with Crippen LogP contribution in [0.3, 0.4) is 0 Å². The van der Waals surface area contributed by atoms with Crippen molar-refractivity contribution in [1.82, 2.24) is 4.98 Å². The lowest BCUT2D eigenvalue weighted by Gasteiger charge is -2.32. The standard InChI is InChI=1S/C27H33N3S/c1-20(15-16-23-22(3)12-9-18-27(23,4)5)10-8-11-21(2)17-19-28-30-26-29-24-13-6-7-14-25(24)31-26/h6-8,10-11,13-17,19H,9,12,18H2,1-5H3,(H,29,30). The number of hydrazone groups is 1. The fraction of sp³-hybridized carbons (Fsp3) is 0.333. The van der Waals surface area contributed by atoms with Crippen molar-refractivity contribution in [3.63, 3.8) is 0 Å². The van der Waals surface area contributed by atoms with E-state index in [1.54, 1.807) is 17.6 Å². The van der Waals surface area contributed by atoms with Gasteiger partial charge in [-0.05, 0) is 74.8 Å². The number of nitrogens with zero attached hydrogens (tertiary/aromatic N) is 2. The van der Waals surface area contributed by atoms with E-state index in [1.165, 1.54) is 36.0 Å². The van der Waals surface area contributed by atoms with Crippen LogP contribution in [0.2, 0.25) is 0 Å². The van der Waals surface area contributed by atoms with Gasteiger partial charge in [0.2, 0.25) is 5.13 Å². The number of benzene rings is 1. The van der Waals surface area contributed by atoms with Crippen molar-refractivity contribution in [2.45, 2.75) is 53.9 Å². The largest absolute Gasteiger partial charge is 0.253 e. The molecule has 162 valence electrons. The molecule has 1 aliphatic rings. The average molecular weight is 432 g/mol. The van der Waals surface area contributed by atoms with E-state index in [2.05, 4.69) is 86.6 Å². The molecule has 1 aromatic carbocycles. The minimum atomic E-state index is 0.285. The third kappa shape index (κ3) is 6.63. The highest BCUT2D eigenvalue weighted by atomic mass is 32.1. The molecular formula is C27H33N3S. The third-order valence-electron chi connectivity index (χ3n) is 5.64. The van der Waals surface area contributed by atoms with Crippen molar-refractivity contribution in [3.05, 3.63) is 83.0 Å². The van der Waals surface area contributed by atoms with Crippen molar-refractivity contribution in [3.8, 4) is 0 Å². The Morgan fingerprint density at radius 1 is 1.13 bits per heavy atom. The van der Waals surface area contributed by atoms with Gasteiger partial charge in [0, 0.05) is 6.21 Å². The molecule has 0 aliphatic heterocycles. The van der Waals surface area contributed by atoms with Crippen molar-refractivity contribution in [2.24, 2.45) is 10.5 Å². The van der Waals surface area contributed by atoms with Gasteiger partial charge in [-0.25, -0.2) is 4.98 Å². The van der Waals surface area contributed by atoms with Gasteiger partial charge in [0.05, 0.1) is 10.2 Å². The third-order valence-corrected chi connectivity index (χ3v) is 6.58. The molecule has 2 aromatic rings. The minimum Gasteiger partial charge on any atom is -0.253 e. The molecule has 0 unspecified atom stereocenters. The SMILES string of the molecule is CC(C=CC1=C(C)CCCC1(C)C)=CC=CC(C)=CC=NNc1nc2ccccc2s1. The highest BCUT2D eigenvalue weighted by molar-refractivity contribution is 7.22. The van der Waals surface area contributed by atoms with Gasteiger partial charge in [-0.3, -0.25) is 5.43 Å². The van der Waals surface area contributed by atoms with Gasteiger partial charge in [-0.15, -0.1) is 0 Å². The van der Waals surface area contributed by atoms with E-state index in [0.717, 1.165) is 20.9 Å². The van der Waals surface area contributed by atoms with Crippen LogP contribution < -0.4 is 5.43 Å². The molecule has 1 aliphatic carbocycles. The summed E-state index contributed by atoms with van der Waals surface area (Å²) in [7, 11) is 0. The first kappa shape index (κ1) is 23.0. The molecule has 0 atom stereocenters. The molecule has 4 heteroatoms. The predicted octanol–water partition coefficient (Wildman–Crippen LogP) is 8.23. The fourth-order valence-electron chi connectivity index (χ4n) is 3.86. The van der Waals surface area contributed by atoms with Crippen LogP contribution in [0.5, 0.6) is 0 Å². The second-order valence-corrected chi connectivity index (χ2v) is 9.85. The van der Waals surface area contributed by atoms with E-state index in [9.17, 15) is 0 Å². The molecule has 1 aromatic heterocycles. The summed E-state index contributed by atoms with van der Waals surface area (Å²) >= 11 is 1.60. The maximum absolute atomic E-state index is 4.50. The Hall–Kier alpha value is -2.72. The van der Waals surface area contributed by atoms with Crippen LogP contribution in [0.15, 0.2) is 88.1 Å². The Balaban J connectivity index is 1.53. The monoisotopic (exact) mass is 431 g/mol. The smallest absolute Gasteiger partial charge is 0.204 e. The van der Waals surface area contributed by atoms with Crippen LogP contribution in [0.1, 0.15) is 53.9 Å². The zero-order valence-electron chi connectivity index (χ0n) is 19.3. The Labute approximate surface area is 190 Å². The summed E-state index contributed by atoms with van der Waals surface area (Å²) in [5.41, 5.74) is 9.70. The first-order valence-electron chi connectivity index (χ1n) is 10.9. The topological polar surface area (TPSA) is 37.3 Å². The molecule has 0 fully saturated rings. The molecule has 1 N–H and O–H groups in total. The van der Waals surface area contributed by atoms with Crippen molar-refractivity contribution in [2.75, 3.05) is 5.43 Å². The maximum Gasteiger partial charge on any atom is 0.204 e. The lowest BCUT2D eigenvalue weighted by molar-refractivity contribution is 0.377. The van der Waals surface area contributed by atoms with Crippen molar-refractivity contribution < 1.29 is 0 Å². The predicted molar refractivity (Wildman–Crippen MR) is 138 cm³/mol. The van der Waals surface area contributed by atoms with Gasteiger partial charge in [-0.1, -0.05) is 78.8 Å². The molecule has 1 heterocycles. The van der Waals surface area contributed by atoms with Gasteiger partial charge < -0.3 is 0 Å². The summed E-state index contributed by atoms with van der Waals surface area (Å²) < 4.78 is 1.16. The molecule has 0 saturated heterocycles. The van der Waals surface area contributed by atoms with Crippen LogP contribution in [0.4, 0.5) is 5.13 Å². The Morgan fingerprint density at radius 3 is 2.68 bits per heavy atom. The summed E-state index contributed by atoms with van der Waals surface area (Å²) in [6.07, 6.45) is 18.4. The summed E-state index contributed by atoms with van der Waals surface area (Å²) in [4.78, 5) is 4.50. The number of fused-ring (bicyclic) bond motifs is 1. The van der Waals surface area contributed by atoms with E-state index in [4.69, 9.17) is 0 Å². The van der Waals surface area contributed by atoms with E-state index in [-0.39, 0.29) is 5.41 Å². The number of aromatic nitrogens is 1. The summed E-state index contributed by atoms with van der Waals surface area (Å²) in [6.45, 7) is 11.2. The summed E-state index contributed by atoms with van der Waals surface area (Å²) in [5.74, 6) is 0. The van der Waals surface area contributed by atoms with Crippen LogP contribution in [-0.2, 0) is 0 Å². The van der Waals surface area contributed by atoms with Gasteiger partial charge in [0.15, 0.2) is 0 Å². The highest BCUT2D eigenvalue weighted by Crippen LogP contribution is 2.40. The summed E-state index contributed by atoms with van der Waals surface area (Å²) in [6, 6.07) is 8.09. The van der Waals surface area contributed by atoms with Crippen LogP contribution >= 0.6 is 11.3 Å². The molecule has 3 rings (SSSR count). The Bertz CT molecular complexity index is 1060. The number of para-hydroxylation sites is 1. The van der Waals surface area contributed by atoms with E-state index < -0.39 is 0 Å². The van der Waals surface area contributed by atoms with Gasteiger partial charge in [-0.2, -0.15) is 5.10 Å². The second-order valence-electron chi connectivity index (χ2n) is 8.82. The Morgan fingerprint density at radius 2 is 1.90 bits per heavy atom. The number of anilines is 1. The fourth-order valence-corrected chi connectivity index (χ4v) is 4.67. The lowest BCUT2D eigenvalue weighted by Crippen LogP contribution is -2.19. The maximum atomic E-state index is 4.50. The van der Waals surface area contributed by atoms with Gasteiger partial charge >= 0.3 is 0 Å². The van der Waals surface area contributed by atoms with Gasteiger partial charge in [0.1, 0.15) is 0 Å². The number of nitrogens with one attached hydrogen (secondary N) is 1. The van der Waals surface area contributed by atoms with Crippen LogP contribution in [0, 0.1) is 5.41 Å². The second kappa shape index (κ2) is 10.5.